The summed E-state index contributed by atoms with van der Waals surface area (Å²) in [6.07, 6.45) is 5.94. The van der Waals surface area contributed by atoms with Gasteiger partial charge in [0.1, 0.15) is 5.82 Å². The first-order valence-corrected chi connectivity index (χ1v) is 8.10. The summed E-state index contributed by atoms with van der Waals surface area (Å²) in [5.74, 6) is -0.411. The molecule has 0 unspecified atom stereocenters. The summed E-state index contributed by atoms with van der Waals surface area (Å²) in [5.41, 5.74) is 1.17. The summed E-state index contributed by atoms with van der Waals surface area (Å²) in [6.45, 7) is 3.37. The molecule has 2 heterocycles. The van der Waals surface area contributed by atoms with Gasteiger partial charge < -0.3 is 16.0 Å². The number of carbonyl (C=O) groups excluding carboxylic acids is 1. The molecule has 8 nitrogen and oxygen atoms in total. The molecule has 3 aromatic rings. The number of benzene rings is 1. The van der Waals surface area contributed by atoms with Crippen molar-refractivity contribution in [3.63, 3.8) is 0 Å². The lowest BCUT2D eigenvalue weighted by atomic mass is 10.2. The highest BCUT2D eigenvalue weighted by atomic mass is 35.5. The smallest absolute Gasteiger partial charge is 0.247 e. The van der Waals surface area contributed by atoms with Crippen molar-refractivity contribution in [2.75, 3.05) is 16.0 Å². The number of halogens is 2. The minimum absolute atomic E-state index is 0.0617. The third-order valence-electron chi connectivity index (χ3n) is 3.38. The molecule has 0 saturated carbocycles. The maximum atomic E-state index is 14.1. The van der Waals surface area contributed by atoms with E-state index in [1.165, 1.54) is 24.4 Å². The molecule has 10 heteroatoms. The van der Waals surface area contributed by atoms with Gasteiger partial charge in [-0.25, -0.2) is 14.4 Å². The number of amides is 1. The van der Waals surface area contributed by atoms with E-state index in [-0.39, 0.29) is 16.7 Å². The van der Waals surface area contributed by atoms with Crippen LogP contribution in [0.3, 0.4) is 0 Å². The zero-order chi connectivity index (χ0) is 19.4. The van der Waals surface area contributed by atoms with Gasteiger partial charge in [-0.2, -0.15) is 5.10 Å². The Morgan fingerprint density at radius 2 is 2.11 bits per heavy atom. The molecular formula is C17H15ClFN7O. The Bertz CT molecular complexity index is 1000. The highest BCUT2D eigenvalue weighted by Crippen LogP contribution is 2.27. The standard InChI is InChI=1S/C17H15ClFN7O/c1-3-15(27)23-10-4-5-12(19)13(6-10)24-17-16(18)20-8-14(25-17)22-11-7-21-26(2)9-11/h3-9H,1H2,2H3,(H,23,27)(H2,22,24,25). The van der Waals surface area contributed by atoms with E-state index in [4.69, 9.17) is 11.6 Å². The highest BCUT2D eigenvalue weighted by Gasteiger charge is 2.11. The number of nitrogens with one attached hydrogen (secondary N) is 3. The van der Waals surface area contributed by atoms with Gasteiger partial charge in [0.25, 0.3) is 0 Å². The second-order valence-corrected chi connectivity index (χ2v) is 5.79. The van der Waals surface area contributed by atoms with Crippen LogP contribution in [0.4, 0.5) is 33.1 Å². The molecule has 138 valence electrons. The fourth-order valence-electron chi connectivity index (χ4n) is 2.17. The Balaban J connectivity index is 1.84. The Labute approximate surface area is 159 Å². The molecular weight excluding hydrogens is 373 g/mol. The number of anilines is 5. The SMILES string of the molecule is C=CC(=O)Nc1ccc(F)c(Nc2nc(Nc3cnn(C)c3)cnc2Cl)c1. The fourth-order valence-corrected chi connectivity index (χ4v) is 2.31. The lowest BCUT2D eigenvalue weighted by molar-refractivity contribution is -0.111. The number of rotatable bonds is 6. The number of aryl methyl sites for hydroxylation is 1. The van der Waals surface area contributed by atoms with Crippen LogP contribution in [-0.4, -0.2) is 25.7 Å². The van der Waals surface area contributed by atoms with E-state index < -0.39 is 11.7 Å². The van der Waals surface area contributed by atoms with Gasteiger partial charge in [-0.15, -0.1) is 0 Å². The molecule has 1 aromatic carbocycles. The zero-order valence-corrected chi connectivity index (χ0v) is 15.0. The van der Waals surface area contributed by atoms with Gasteiger partial charge in [-0.3, -0.25) is 9.48 Å². The topological polar surface area (TPSA) is 96.8 Å². The van der Waals surface area contributed by atoms with Crippen LogP contribution in [0.15, 0.2) is 49.4 Å². The largest absolute Gasteiger partial charge is 0.336 e. The minimum Gasteiger partial charge on any atom is -0.336 e. The molecule has 1 amide bonds. The van der Waals surface area contributed by atoms with Crippen LogP contribution in [-0.2, 0) is 11.8 Å². The van der Waals surface area contributed by atoms with Gasteiger partial charge >= 0.3 is 0 Å². The second kappa shape index (κ2) is 7.83. The van der Waals surface area contributed by atoms with E-state index in [0.29, 0.717) is 17.2 Å². The van der Waals surface area contributed by atoms with Crippen LogP contribution in [0.5, 0.6) is 0 Å². The van der Waals surface area contributed by atoms with E-state index in [9.17, 15) is 9.18 Å². The van der Waals surface area contributed by atoms with E-state index in [2.05, 4.69) is 37.6 Å². The molecule has 0 bridgehead atoms. The Hall–Kier alpha value is -3.46. The Morgan fingerprint density at radius 3 is 2.81 bits per heavy atom. The highest BCUT2D eigenvalue weighted by molar-refractivity contribution is 6.31. The predicted molar refractivity (Wildman–Crippen MR) is 102 cm³/mol. The van der Waals surface area contributed by atoms with Gasteiger partial charge in [0, 0.05) is 18.9 Å². The monoisotopic (exact) mass is 387 g/mol. The number of carbonyl (C=O) groups is 1. The summed E-state index contributed by atoms with van der Waals surface area (Å²) in [5, 5.41) is 12.5. The fraction of sp³-hybridized carbons (Fsp3) is 0.0588. The molecule has 3 N–H and O–H groups in total. The number of nitrogens with zero attached hydrogens (tertiary/aromatic N) is 4. The molecule has 0 spiro atoms. The summed E-state index contributed by atoms with van der Waals surface area (Å²) in [6, 6.07) is 4.05. The van der Waals surface area contributed by atoms with Gasteiger partial charge in [-0.1, -0.05) is 18.2 Å². The van der Waals surface area contributed by atoms with Crippen LogP contribution >= 0.6 is 11.6 Å². The van der Waals surface area contributed by atoms with Gasteiger partial charge in [0.2, 0.25) is 5.91 Å². The molecule has 2 aromatic heterocycles. The van der Waals surface area contributed by atoms with Gasteiger partial charge in [0.05, 0.1) is 23.8 Å². The molecule has 3 rings (SSSR count). The first-order valence-electron chi connectivity index (χ1n) is 7.73. The number of aromatic nitrogens is 4. The third kappa shape index (κ3) is 4.59. The normalized spacial score (nSPS) is 10.3. The molecule has 0 aliphatic carbocycles. The maximum absolute atomic E-state index is 14.1. The quantitative estimate of drug-likeness (QED) is 0.559. The van der Waals surface area contributed by atoms with Crippen LogP contribution in [0.1, 0.15) is 0 Å². The molecule has 0 radical (unpaired) electrons. The van der Waals surface area contributed by atoms with Crippen molar-refractivity contribution in [3.8, 4) is 0 Å². The van der Waals surface area contributed by atoms with Crippen molar-refractivity contribution in [2.24, 2.45) is 7.05 Å². The molecule has 0 aliphatic rings. The van der Waals surface area contributed by atoms with E-state index in [1.807, 2.05) is 0 Å². The van der Waals surface area contributed by atoms with E-state index in [1.54, 1.807) is 24.1 Å². The summed E-state index contributed by atoms with van der Waals surface area (Å²) in [7, 11) is 1.78. The average molecular weight is 388 g/mol. The molecule has 0 atom stereocenters. The van der Waals surface area contributed by atoms with Crippen molar-refractivity contribution in [1.29, 1.82) is 0 Å². The first-order chi connectivity index (χ1) is 12.9. The Morgan fingerprint density at radius 1 is 1.30 bits per heavy atom. The summed E-state index contributed by atoms with van der Waals surface area (Å²) < 4.78 is 15.8. The molecule has 0 saturated heterocycles. The van der Waals surface area contributed by atoms with Gasteiger partial charge in [-0.05, 0) is 24.3 Å². The number of hydrogen-bond acceptors (Lipinski definition) is 6. The lowest BCUT2D eigenvalue weighted by Crippen LogP contribution is -2.08. The Kier molecular flexibility index (Phi) is 5.32. The van der Waals surface area contributed by atoms with E-state index in [0.717, 1.165) is 6.08 Å². The van der Waals surface area contributed by atoms with E-state index >= 15 is 0 Å². The molecule has 0 fully saturated rings. The van der Waals surface area contributed by atoms with Crippen molar-refractivity contribution in [2.45, 2.75) is 0 Å². The van der Waals surface area contributed by atoms with Gasteiger partial charge in [0.15, 0.2) is 16.8 Å². The summed E-state index contributed by atoms with van der Waals surface area (Å²) in [4.78, 5) is 19.7. The number of hydrogen-bond donors (Lipinski definition) is 3. The summed E-state index contributed by atoms with van der Waals surface area (Å²) >= 11 is 6.07. The van der Waals surface area contributed by atoms with Crippen molar-refractivity contribution >= 4 is 46.2 Å². The van der Waals surface area contributed by atoms with Crippen LogP contribution in [0, 0.1) is 5.82 Å². The van der Waals surface area contributed by atoms with Crippen molar-refractivity contribution in [1.82, 2.24) is 19.7 Å². The second-order valence-electron chi connectivity index (χ2n) is 5.44. The lowest BCUT2D eigenvalue weighted by Gasteiger charge is -2.11. The zero-order valence-electron chi connectivity index (χ0n) is 14.2. The maximum Gasteiger partial charge on any atom is 0.247 e. The third-order valence-corrected chi connectivity index (χ3v) is 3.65. The van der Waals surface area contributed by atoms with Crippen molar-refractivity contribution in [3.05, 3.63) is 60.4 Å². The minimum atomic E-state index is -0.546. The van der Waals surface area contributed by atoms with Crippen LogP contribution < -0.4 is 16.0 Å². The average Bonchev–Trinajstić information content (AvgIpc) is 3.05. The molecule has 27 heavy (non-hydrogen) atoms. The van der Waals surface area contributed by atoms with Crippen LogP contribution in [0.2, 0.25) is 5.15 Å². The molecule has 0 aliphatic heterocycles. The van der Waals surface area contributed by atoms with Crippen molar-refractivity contribution < 1.29 is 9.18 Å². The van der Waals surface area contributed by atoms with Crippen LogP contribution in [0.25, 0.3) is 0 Å². The predicted octanol–water partition coefficient (Wildman–Crippen LogP) is 3.61. The first kappa shape index (κ1) is 18.3.